The van der Waals surface area contributed by atoms with Crippen LogP contribution in [0.3, 0.4) is 0 Å². The average molecular weight is 470 g/mol. The fourth-order valence-electron chi connectivity index (χ4n) is 5.57. The van der Waals surface area contributed by atoms with E-state index in [0.717, 1.165) is 45.1 Å². The molecular formula is C30H26BF3O. The number of hydrogen-bond donors (Lipinski definition) is 0. The predicted octanol–water partition coefficient (Wildman–Crippen LogP) is 6.21. The largest absolute Gasteiger partial charge is 0.662 e. The Morgan fingerprint density at radius 2 is 1.03 bits per heavy atom. The first-order valence-electron chi connectivity index (χ1n) is 11.8. The van der Waals surface area contributed by atoms with Gasteiger partial charge in [-0.1, -0.05) is 77.4 Å². The molecule has 1 nitrogen and oxygen atoms in total. The van der Waals surface area contributed by atoms with Crippen LogP contribution in [0.15, 0.2) is 97.1 Å². The molecule has 0 fully saturated rings. The van der Waals surface area contributed by atoms with Crippen molar-refractivity contribution in [3.63, 3.8) is 0 Å². The van der Waals surface area contributed by atoms with Gasteiger partial charge < -0.3 is 4.28 Å². The Morgan fingerprint density at radius 1 is 0.600 bits per heavy atom. The lowest BCUT2D eigenvalue weighted by molar-refractivity contribution is 0.0582. The third kappa shape index (κ3) is 4.10. The molecule has 0 radical (unpaired) electrons. The molecule has 0 aromatic heterocycles. The van der Waals surface area contributed by atoms with E-state index < -0.39 is 6.35 Å². The standard InChI is InChI=1S/C30H26BF3O/c1-21-3-5-22(6-4-21)29-19-20-35(2)31(24-9-15-27(33)16-10-24,25-11-17-28(34)18-12-25)30(29)23-7-13-26(32)14-8-23/h3-18H,19-20H2,1-2H3. The van der Waals surface area contributed by atoms with Crippen LogP contribution >= 0.6 is 0 Å². The van der Waals surface area contributed by atoms with E-state index in [2.05, 4.69) is 35.5 Å². The highest BCUT2D eigenvalue weighted by Gasteiger charge is 2.49. The minimum absolute atomic E-state index is 0.315. The summed E-state index contributed by atoms with van der Waals surface area (Å²) in [4.78, 5) is 0. The topological polar surface area (TPSA) is 2.70 Å². The Bertz CT molecular complexity index is 1310. The quantitative estimate of drug-likeness (QED) is 0.247. The van der Waals surface area contributed by atoms with Crippen LogP contribution in [-0.2, 0) is 4.28 Å². The van der Waals surface area contributed by atoms with E-state index in [4.69, 9.17) is 0 Å². The summed E-state index contributed by atoms with van der Waals surface area (Å²) >= 11 is 0. The van der Waals surface area contributed by atoms with Crippen LogP contribution < -0.4 is 10.9 Å². The van der Waals surface area contributed by atoms with Crippen molar-refractivity contribution in [3.8, 4) is 0 Å². The molecule has 0 spiro atoms. The molecule has 0 N–H and O–H groups in total. The van der Waals surface area contributed by atoms with Crippen LogP contribution in [0.4, 0.5) is 13.2 Å². The third-order valence-corrected chi connectivity index (χ3v) is 7.24. The first kappa shape index (κ1) is 23.2. The molecule has 0 bridgehead atoms. The van der Waals surface area contributed by atoms with Gasteiger partial charge in [0.25, 0.3) is 0 Å². The van der Waals surface area contributed by atoms with E-state index in [1.54, 1.807) is 36.4 Å². The van der Waals surface area contributed by atoms with Crippen molar-refractivity contribution in [1.82, 2.24) is 0 Å². The van der Waals surface area contributed by atoms with Crippen molar-refractivity contribution in [2.75, 3.05) is 13.7 Å². The lowest BCUT2D eigenvalue weighted by atomic mass is 9.25. The Kier molecular flexibility index (Phi) is 6.12. The fraction of sp³-hybridized carbons (Fsp3) is 0.133. The molecule has 4 aromatic rings. The van der Waals surface area contributed by atoms with Crippen molar-refractivity contribution in [1.29, 1.82) is 0 Å². The van der Waals surface area contributed by atoms with E-state index in [-0.39, 0.29) is 17.5 Å². The van der Waals surface area contributed by atoms with Crippen LogP contribution in [0.1, 0.15) is 23.1 Å². The molecule has 1 aliphatic heterocycles. The average Bonchev–Trinajstić information content (AvgIpc) is 2.86. The Balaban J connectivity index is 1.92. The highest BCUT2D eigenvalue weighted by Crippen LogP contribution is 2.42. The predicted molar refractivity (Wildman–Crippen MR) is 139 cm³/mol. The fourth-order valence-corrected chi connectivity index (χ4v) is 5.57. The summed E-state index contributed by atoms with van der Waals surface area (Å²) in [6.45, 7) is 2.72. The number of aryl methyl sites for hydroxylation is 1. The molecule has 0 saturated heterocycles. The molecule has 0 amide bonds. The second kappa shape index (κ2) is 9.24. The molecule has 1 aliphatic rings. The summed E-state index contributed by atoms with van der Waals surface area (Å²) in [5, 5.41) is 0. The second-order valence-corrected chi connectivity index (χ2v) is 9.30. The van der Waals surface area contributed by atoms with Crippen LogP contribution in [0.5, 0.6) is 0 Å². The number of halogens is 3. The van der Waals surface area contributed by atoms with Crippen molar-refractivity contribution in [3.05, 3.63) is 131 Å². The molecule has 0 unspecified atom stereocenters. The summed E-state index contributed by atoms with van der Waals surface area (Å²) in [5.74, 6) is -0.966. The van der Waals surface area contributed by atoms with Gasteiger partial charge in [-0.2, -0.15) is 0 Å². The van der Waals surface area contributed by atoms with Crippen molar-refractivity contribution >= 4 is 28.3 Å². The highest BCUT2D eigenvalue weighted by molar-refractivity contribution is 7.12. The van der Waals surface area contributed by atoms with E-state index in [0.29, 0.717) is 6.61 Å². The minimum Gasteiger partial charge on any atom is -0.662 e. The third-order valence-electron chi connectivity index (χ3n) is 7.24. The Labute approximate surface area is 204 Å². The summed E-state index contributed by atoms with van der Waals surface area (Å²) in [7, 11) is 1.97. The molecule has 0 aliphatic carbocycles. The van der Waals surface area contributed by atoms with E-state index >= 15 is 0 Å². The van der Waals surface area contributed by atoms with Gasteiger partial charge in [-0.25, -0.2) is 13.2 Å². The molecule has 0 saturated carbocycles. The summed E-state index contributed by atoms with van der Waals surface area (Å²) < 4.78 is 45.5. The van der Waals surface area contributed by atoms with Gasteiger partial charge in [-0.05, 0) is 48.9 Å². The SMILES string of the molecule is Cc1ccc(C2=C(c3ccc(F)cc3)[B-](c3ccc(F)cc3)(c3ccc(F)cc3)[O+](C)CC2)cc1. The molecule has 5 heteroatoms. The smallest absolute Gasteiger partial charge is 0.377 e. The zero-order valence-electron chi connectivity index (χ0n) is 19.8. The molecule has 35 heavy (non-hydrogen) atoms. The maximum absolute atomic E-state index is 14.1. The summed E-state index contributed by atoms with van der Waals surface area (Å²) in [6, 6.07) is 27.9. The van der Waals surface area contributed by atoms with Crippen molar-refractivity contribution < 1.29 is 17.5 Å². The maximum Gasteiger partial charge on any atom is 0.377 e. The lowest BCUT2D eigenvalue weighted by Gasteiger charge is -2.52. The first-order chi connectivity index (χ1) is 16.9. The Morgan fingerprint density at radius 3 is 1.51 bits per heavy atom. The van der Waals surface area contributed by atoms with E-state index in [9.17, 15) is 13.2 Å². The van der Waals surface area contributed by atoms with Crippen molar-refractivity contribution in [2.24, 2.45) is 0 Å². The van der Waals surface area contributed by atoms with Crippen LogP contribution in [0, 0.1) is 24.4 Å². The molecule has 4 aromatic carbocycles. The molecule has 5 rings (SSSR count). The maximum atomic E-state index is 14.1. The van der Waals surface area contributed by atoms with Gasteiger partial charge >= 0.3 is 6.35 Å². The van der Waals surface area contributed by atoms with Gasteiger partial charge in [0.1, 0.15) is 24.1 Å². The van der Waals surface area contributed by atoms with Crippen LogP contribution in [0.2, 0.25) is 0 Å². The molecular weight excluding hydrogens is 444 g/mol. The summed E-state index contributed by atoms with van der Waals surface area (Å²) in [6.07, 6.45) is -1.14. The van der Waals surface area contributed by atoms with Crippen LogP contribution in [0.25, 0.3) is 11.0 Å². The monoisotopic (exact) mass is 470 g/mol. The van der Waals surface area contributed by atoms with Gasteiger partial charge in [0.05, 0.1) is 7.11 Å². The first-order valence-corrected chi connectivity index (χ1v) is 11.8. The second-order valence-electron chi connectivity index (χ2n) is 9.30. The number of benzene rings is 4. The summed E-state index contributed by atoms with van der Waals surface area (Å²) in [5.41, 5.74) is 7.02. The van der Waals surface area contributed by atoms with Gasteiger partial charge in [-0.15, -0.1) is 16.4 Å². The zero-order valence-corrected chi connectivity index (χ0v) is 19.8. The van der Waals surface area contributed by atoms with Gasteiger partial charge in [0, 0.05) is 6.42 Å². The number of hydrogen-bond acceptors (Lipinski definition) is 0. The molecule has 0 atom stereocenters. The van der Waals surface area contributed by atoms with E-state index in [1.165, 1.54) is 36.4 Å². The van der Waals surface area contributed by atoms with E-state index in [1.807, 2.05) is 7.11 Å². The van der Waals surface area contributed by atoms with Gasteiger partial charge in [0.15, 0.2) is 0 Å². The molecule has 1 heterocycles. The highest BCUT2D eigenvalue weighted by atomic mass is 19.1. The van der Waals surface area contributed by atoms with Gasteiger partial charge in [0.2, 0.25) is 0 Å². The lowest BCUT2D eigenvalue weighted by Crippen LogP contribution is -2.68. The van der Waals surface area contributed by atoms with Crippen molar-refractivity contribution in [2.45, 2.75) is 13.3 Å². The molecule has 176 valence electrons. The zero-order chi connectivity index (χ0) is 24.6. The van der Waals surface area contributed by atoms with Crippen LogP contribution in [-0.4, -0.2) is 20.1 Å². The Hall–Kier alpha value is -3.57. The minimum atomic E-state index is -1.89. The number of rotatable bonds is 4. The van der Waals surface area contributed by atoms with Gasteiger partial charge in [-0.3, -0.25) is 0 Å². The normalized spacial score (nSPS) is 15.9.